The zero-order valence-corrected chi connectivity index (χ0v) is 48.7. The number of carbonyl (C=O) groups is 1. The number of ether oxygens (including phenoxy) is 6. The average molecular weight is 1100 g/mol. The third kappa shape index (κ3) is 36.3. The first-order valence-corrected chi connectivity index (χ1v) is 31.6. The van der Waals surface area contributed by atoms with Crippen molar-refractivity contribution in [3.8, 4) is 0 Å². The van der Waals surface area contributed by atoms with Crippen molar-refractivity contribution in [2.75, 3.05) is 33.0 Å². The van der Waals surface area contributed by atoms with E-state index in [0.29, 0.717) is 13.0 Å². The molecule has 2 aliphatic rings. The maximum Gasteiger partial charge on any atom is 0.306 e. The first-order chi connectivity index (χ1) is 37.6. The van der Waals surface area contributed by atoms with Crippen LogP contribution in [0.25, 0.3) is 0 Å². The van der Waals surface area contributed by atoms with Crippen LogP contribution in [0.15, 0.2) is 36.5 Å². The monoisotopic (exact) mass is 1100 g/mol. The molecular weight excluding hydrogens is 981 g/mol. The molecule has 2 aliphatic heterocycles. The van der Waals surface area contributed by atoms with E-state index in [2.05, 4.69) is 50.3 Å². The largest absolute Gasteiger partial charge is 0.457 e. The van der Waals surface area contributed by atoms with Crippen molar-refractivity contribution in [3.05, 3.63) is 36.5 Å². The summed E-state index contributed by atoms with van der Waals surface area (Å²) in [6, 6.07) is 0. The molecule has 2 rings (SSSR count). The number of hydrogen-bond acceptors (Lipinski definition) is 14. The minimum atomic E-state index is -1.71. The summed E-state index contributed by atoms with van der Waals surface area (Å²) in [6.07, 6.45) is 43.4. The predicted octanol–water partition coefficient (Wildman–Crippen LogP) is 12.1. The Balaban J connectivity index is 1.68. The van der Waals surface area contributed by atoms with E-state index in [9.17, 15) is 40.5 Å². The lowest BCUT2D eigenvalue weighted by Gasteiger charge is -2.42. The van der Waals surface area contributed by atoms with E-state index < -0.39 is 80.7 Å². The summed E-state index contributed by atoms with van der Waals surface area (Å²) in [5, 5.41) is 72.5. The number of esters is 1. The lowest BCUT2D eigenvalue weighted by Crippen LogP contribution is -2.61. The molecule has 77 heavy (non-hydrogen) atoms. The highest BCUT2D eigenvalue weighted by molar-refractivity contribution is 5.69. The Hall–Kier alpha value is -1.79. The smallest absolute Gasteiger partial charge is 0.306 e. The topological polar surface area (TPSA) is 214 Å². The SMILES string of the molecule is CCCCCCC/C=C\C/C=C\CCCCCCCCCCCCCC(=O)OC(COCCCCCCCCCCCC/C=C\CCCCCCCC)COC1OC(COC2OC(CO)C(O)C(O)C2O)C(O)C(O)C1O. The van der Waals surface area contributed by atoms with Crippen molar-refractivity contribution in [1.29, 1.82) is 0 Å². The maximum absolute atomic E-state index is 13.1. The minimum absolute atomic E-state index is 0.0621. The van der Waals surface area contributed by atoms with Gasteiger partial charge in [-0.25, -0.2) is 0 Å². The molecule has 14 heteroatoms. The van der Waals surface area contributed by atoms with Crippen molar-refractivity contribution in [3.63, 3.8) is 0 Å². The number of aliphatic hydroxyl groups is 7. The van der Waals surface area contributed by atoms with Gasteiger partial charge in [-0.3, -0.25) is 4.79 Å². The number of carbonyl (C=O) groups excluding carboxylic acids is 1. The van der Waals surface area contributed by atoms with E-state index in [1.54, 1.807) is 0 Å². The van der Waals surface area contributed by atoms with Crippen molar-refractivity contribution in [2.45, 2.75) is 325 Å². The fraction of sp³-hybridized carbons (Fsp3) is 0.889. The molecule has 0 spiro atoms. The quantitative estimate of drug-likeness (QED) is 0.0172. The highest BCUT2D eigenvalue weighted by atomic mass is 16.7. The van der Waals surface area contributed by atoms with Crippen molar-refractivity contribution in [2.24, 2.45) is 0 Å². The molecule has 2 saturated heterocycles. The fourth-order valence-corrected chi connectivity index (χ4v) is 10.0. The summed E-state index contributed by atoms with van der Waals surface area (Å²) in [6.45, 7) is 3.72. The van der Waals surface area contributed by atoms with E-state index in [1.807, 2.05) is 0 Å². The summed E-state index contributed by atoms with van der Waals surface area (Å²) < 4.78 is 34.5. The first-order valence-electron chi connectivity index (χ1n) is 31.6. The van der Waals surface area contributed by atoms with Crippen LogP contribution in [0.1, 0.15) is 258 Å². The van der Waals surface area contributed by atoms with Crippen LogP contribution in [0.4, 0.5) is 0 Å². The van der Waals surface area contributed by atoms with E-state index >= 15 is 0 Å². The molecule has 0 bridgehead atoms. The van der Waals surface area contributed by atoms with Gasteiger partial charge in [-0.05, 0) is 70.6 Å². The molecular formula is C63H116O14. The van der Waals surface area contributed by atoms with Crippen LogP contribution in [0.2, 0.25) is 0 Å². The summed E-state index contributed by atoms with van der Waals surface area (Å²) in [5.41, 5.74) is 0. The Kier molecular flexibility index (Phi) is 46.3. The van der Waals surface area contributed by atoms with Crippen LogP contribution < -0.4 is 0 Å². The van der Waals surface area contributed by atoms with Crippen molar-refractivity contribution in [1.82, 2.24) is 0 Å². The van der Waals surface area contributed by atoms with Crippen molar-refractivity contribution >= 4 is 5.97 Å². The molecule has 14 nitrogen and oxygen atoms in total. The van der Waals surface area contributed by atoms with Crippen LogP contribution in [-0.4, -0.2) is 142 Å². The standard InChI is InChI=1S/C63H116O14/c1-3-5-7-9-11-13-15-17-19-21-23-25-26-27-28-30-32-34-36-38-40-42-44-46-55(65)75-52(49-72-47-45-43-41-39-37-35-33-31-29-24-22-20-18-16-14-12-10-8-6-4-2)50-73-62-61(71)59(69)57(67)54(77-62)51-74-63-60(70)58(68)56(66)53(48-64)76-63/h15,17-18,20-21,23,52-54,56-64,66-71H,3-14,16,19,22,24-51H2,1-2H3/b17-15-,20-18-,23-21-. The molecule has 2 heterocycles. The molecule has 7 N–H and O–H groups in total. The summed E-state index contributed by atoms with van der Waals surface area (Å²) >= 11 is 0. The molecule has 11 unspecified atom stereocenters. The molecule has 0 aromatic rings. The van der Waals surface area contributed by atoms with Crippen LogP contribution in [0.3, 0.4) is 0 Å². The average Bonchev–Trinajstić information content (AvgIpc) is 3.43. The third-order valence-electron chi connectivity index (χ3n) is 15.1. The maximum atomic E-state index is 13.1. The van der Waals surface area contributed by atoms with Gasteiger partial charge in [0.15, 0.2) is 12.6 Å². The first kappa shape index (κ1) is 71.3. The summed E-state index contributed by atoms with van der Waals surface area (Å²) in [4.78, 5) is 13.1. The summed E-state index contributed by atoms with van der Waals surface area (Å²) in [5.74, 6) is -0.375. The van der Waals surface area contributed by atoms with Crippen LogP contribution in [0, 0.1) is 0 Å². The molecule has 2 fully saturated rings. The summed E-state index contributed by atoms with van der Waals surface area (Å²) in [7, 11) is 0. The number of unbranched alkanes of at least 4 members (excludes halogenated alkanes) is 32. The molecule has 11 atom stereocenters. The van der Waals surface area contributed by atoms with Gasteiger partial charge in [0.05, 0.1) is 26.4 Å². The normalized spacial score (nSPS) is 24.5. The minimum Gasteiger partial charge on any atom is -0.457 e. The molecule has 0 aromatic carbocycles. The van der Waals surface area contributed by atoms with Gasteiger partial charge in [0.25, 0.3) is 0 Å². The number of aliphatic hydroxyl groups excluding tert-OH is 7. The molecule has 0 aliphatic carbocycles. The second-order valence-corrected chi connectivity index (χ2v) is 22.2. The van der Waals surface area contributed by atoms with Gasteiger partial charge in [-0.2, -0.15) is 0 Å². The number of hydrogen-bond donors (Lipinski definition) is 7. The fourth-order valence-electron chi connectivity index (χ4n) is 10.0. The molecule has 0 saturated carbocycles. The van der Waals surface area contributed by atoms with Gasteiger partial charge in [-0.1, -0.05) is 217 Å². The second kappa shape index (κ2) is 50.0. The predicted molar refractivity (Wildman–Crippen MR) is 307 cm³/mol. The van der Waals surface area contributed by atoms with Gasteiger partial charge < -0.3 is 64.2 Å². The second-order valence-electron chi connectivity index (χ2n) is 22.2. The third-order valence-corrected chi connectivity index (χ3v) is 15.1. The molecule has 0 radical (unpaired) electrons. The Labute approximate surface area is 468 Å². The zero-order valence-electron chi connectivity index (χ0n) is 48.7. The molecule has 452 valence electrons. The Morgan fingerprint density at radius 1 is 0.429 bits per heavy atom. The molecule has 0 aromatic heterocycles. The van der Waals surface area contributed by atoms with E-state index in [0.717, 1.165) is 44.9 Å². The van der Waals surface area contributed by atoms with Gasteiger partial charge in [0, 0.05) is 13.0 Å². The highest BCUT2D eigenvalue weighted by Gasteiger charge is 2.47. The van der Waals surface area contributed by atoms with E-state index in [4.69, 9.17) is 28.4 Å². The van der Waals surface area contributed by atoms with Crippen LogP contribution >= 0.6 is 0 Å². The van der Waals surface area contributed by atoms with Gasteiger partial charge in [0.2, 0.25) is 0 Å². The number of allylic oxidation sites excluding steroid dienone is 6. The van der Waals surface area contributed by atoms with Gasteiger partial charge in [0.1, 0.15) is 54.9 Å². The zero-order chi connectivity index (χ0) is 55.8. The Morgan fingerprint density at radius 3 is 1.26 bits per heavy atom. The molecule has 0 amide bonds. The number of rotatable bonds is 52. The van der Waals surface area contributed by atoms with E-state index in [1.165, 1.54) is 186 Å². The van der Waals surface area contributed by atoms with Gasteiger partial charge >= 0.3 is 5.97 Å². The van der Waals surface area contributed by atoms with Crippen LogP contribution in [0.5, 0.6) is 0 Å². The lowest BCUT2D eigenvalue weighted by atomic mass is 9.98. The lowest BCUT2D eigenvalue weighted by molar-refractivity contribution is -0.332. The van der Waals surface area contributed by atoms with Crippen molar-refractivity contribution < 1.29 is 69.0 Å². The van der Waals surface area contributed by atoms with Crippen LogP contribution in [-0.2, 0) is 33.2 Å². The highest BCUT2D eigenvalue weighted by Crippen LogP contribution is 2.27. The Morgan fingerprint density at radius 2 is 0.805 bits per heavy atom. The van der Waals surface area contributed by atoms with Gasteiger partial charge in [-0.15, -0.1) is 0 Å². The Bertz CT molecular complexity index is 1410. The van der Waals surface area contributed by atoms with E-state index in [-0.39, 0.29) is 25.6 Å².